The maximum absolute atomic E-state index is 11.4. The third-order valence-electron chi connectivity index (χ3n) is 24.8. The molecule has 2 aromatic carbocycles. The normalized spacial score (nSPS) is 15.6. The van der Waals surface area contributed by atoms with E-state index < -0.39 is 5.97 Å². The molecule has 0 spiro atoms. The van der Waals surface area contributed by atoms with Crippen LogP contribution in [0.1, 0.15) is 242 Å². The summed E-state index contributed by atoms with van der Waals surface area (Å²) in [6, 6.07) is 63.3. The highest BCUT2D eigenvalue weighted by atomic mass is 79.9. The number of carbonyl (C=O) groups is 2. The van der Waals surface area contributed by atoms with E-state index in [1.807, 2.05) is 146 Å². The van der Waals surface area contributed by atoms with Crippen LogP contribution in [0.15, 0.2) is 262 Å². The van der Waals surface area contributed by atoms with Crippen LogP contribution in [0.25, 0.3) is 84.7 Å². The van der Waals surface area contributed by atoms with Gasteiger partial charge in [0.05, 0.1) is 112 Å². The van der Waals surface area contributed by atoms with Gasteiger partial charge < -0.3 is 46.3 Å². The lowest BCUT2D eigenvalue weighted by molar-refractivity contribution is -0.115. The number of hydrogen-bond donors (Lipinski definition) is 6. The molecule has 8 N–H and O–H groups in total. The van der Waals surface area contributed by atoms with Crippen molar-refractivity contribution in [3.8, 4) is 67.8 Å². The van der Waals surface area contributed by atoms with E-state index in [2.05, 4.69) is 212 Å². The molecule has 142 heavy (non-hydrogen) atoms. The van der Waals surface area contributed by atoms with Gasteiger partial charge in [-0.05, 0) is 351 Å². The molecule has 12 aromatic rings. The Morgan fingerprint density at radius 1 is 0.444 bits per heavy atom. The first kappa shape index (κ1) is 112. The second kappa shape index (κ2) is 56.0. The minimum Gasteiger partial charge on any atom is -0.505 e. The van der Waals surface area contributed by atoms with E-state index in [9.17, 15) is 14.7 Å². The number of aliphatic hydroxyl groups is 1. The second-order valence-corrected chi connectivity index (χ2v) is 37.5. The molecule has 3 atom stereocenters. The number of aliphatic hydroxyl groups excluding tert-OH is 1. The van der Waals surface area contributed by atoms with Crippen molar-refractivity contribution in [2.75, 3.05) is 40.1 Å². The molecule has 15 rings (SSSR count). The first-order chi connectivity index (χ1) is 68.4. The van der Waals surface area contributed by atoms with Gasteiger partial charge in [0.1, 0.15) is 41.3 Å². The van der Waals surface area contributed by atoms with Gasteiger partial charge in [-0.2, -0.15) is 10.2 Å². The summed E-state index contributed by atoms with van der Waals surface area (Å²) in [5.41, 5.74) is 43.8. The highest BCUT2D eigenvalue weighted by molar-refractivity contribution is 9.11. The van der Waals surface area contributed by atoms with E-state index in [0.717, 1.165) is 275 Å². The fourth-order valence-electron chi connectivity index (χ4n) is 16.0. The standard InChI is InChI=1S/C38H46N6O2.C29H31N5.C16H22BrN3O.C12H15BrN2.C11H12BrNO2.C7H6BrNO2/c1-5-30(39)25(3)37(40-27-14-13-22-45-24-27)34-19-11-17-32(41-34)28-15-7-8-16-29(28)33-18-12-20-35(42-33)38-26(4)31(6-2)43-44(38)36-21-9-10-23-46-36;1-6-23(30)18(3)19(4)25-14-10-15-26(31-25)21-12-8-9-13-22(21)27-16-11-17-28(32-27)29-20(5)24(7-2)33-34-29;1-3-13(18)11(2)16(14-7-4-8-15(17)20-14)19-12-6-5-9-21-10-12;1-4-10(14)8(2)9(3)11-6-5-7-12(13)15-11;1-3-9(14)7(2)11(15)8-5-4-6-10(12)13-8;1-11-7(10)5-3-2-4-6(8)9-5/h7-8,11-12,15-20,27,36H,5-6,9-10,13-14,21-24,39H2,1-4H3;8-17,30H,6-7H2,1-5H3,(H,33,34);4,7-8,12H,3,5-6,9-10,18H2,1-2H3;5-7,14H,4H2,1-3H3;4-6,15H,3H2,1-2H3;2-4H,1H3/b;19-18+,30-23?;;9-8+,14-10?;;. The molecule has 10 aromatic heterocycles. The number of Topliss-reactive ketones (excluding diaryl/α,β-unsaturated/α-hetero) is 1. The summed E-state index contributed by atoms with van der Waals surface area (Å²) in [5.74, 6) is -0.552. The summed E-state index contributed by atoms with van der Waals surface area (Å²) in [5, 5.41) is 38.4. The van der Waals surface area contributed by atoms with Crippen LogP contribution in [0.5, 0.6) is 0 Å². The van der Waals surface area contributed by atoms with E-state index in [-0.39, 0.29) is 29.9 Å². The number of aliphatic imine (C=N–C) groups is 2. The number of nitrogens with zero attached hydrogens (tertiary/aromatic N) is 13. The lowest BCUT2D eigenvalue weighted by atomic mass is 9.98. The number of aromatic nitrogens is 12. The largest absolute Gasteiger partial charge is 0.505 e. The molecule has 3 fully saturated rings. The molecule has 3 aliphatic rings. The number of methoxy groups -OCH3 is 1. The fraction of sp³-hybridized carbons (Fsp3) is 0.345. The molecule has 3 saturated heterocycles. The van der Waals surface area contributed by atoms with Crippen molar-refractivity contribution >= 4 is 115 Å². The summed E-state index contributed by atoms with van der Waals surface area (Å²) in [7, 11) is 1.32. The zero-order valence-corrected chi connectivity index (χ0v) is 90.9. The number of carbonyl (C=O) groups excluding carboxylic acids is 2. The molecule has 3 aliphatic heterocycles. The summed E-state index contributed by atoms with van der Waals surface area (Å²) in [6.45, 7) is 35.8. The minimum absolute atomic E-state index is 0.0526. The Morgan fingerprint density at radius 3 is 1.27 bits per heavy atom. The number of ketones is 1. The lowest BCUT2D eigenvalue weighted by Gasteiger charge is -2.24. The smallest absolute Gasteiger partial charge is 0.356 e. The predicted molar refractivity (Wildman–Crippen MR) is 589 cm³/mol. The Balaban J connectivity index is 0.000000189. The molecule has 0 bridgehead atoms. The van der Waals surface area contributed by atoms with Crippen molar-refractivity contribution in [3.63, 3.8) is 0 Å². The monoisotopic (exact) mass is 2170 g/mol. The molecule has 3 unspecified atom stereocenters. The van der Waals surface area contributed by atoms with Crippen molar-refractivity contribution in [3.05, 3.63) is 308 Å². The summed E-state index contributed by atoms with van der Waals surface area (Å²) in [6.07, 6.45) is 12.4. The fourth-order valence-corrected chi connectivity index (χ4v) is 17.4. The first-order valence-corrected chi connectivity index (χ1v) is 51.6. The van der Waals surface area contributed by atoms with Crippen LogP contribution < -0.4 is 11.5 Å². The third kappa shape index (κ3) is 30.7. The number of nitrogens with two attached hydrogens (primary N) is 2. The number of nitrogens with one attached hydrogen (secondary N) is 3. The molecule has 0 aliphatic carbocycles. The summed E-state index contributed by atoms with van der Waals surface area (Å²) < 4.78 is 26.9. The lowest BCUT2D eigenvalue weighted by Crippen LogP contribution is -2.23. The molecular formula is C113H132Br4N18O7. The molecule has 25 nitrogen and oxygen atoms in total. The predicted octanol–water partition coefficient (Wildman–Crippen LogP) is 27.4. The first-order valence-electron chi connectivity index (χ1n) is 48.5. The van der Waals surface area contributed by atoms with E-state index >= 15 is 0 Å². The van der Waals surface area contributed by atoms with E-state index in [0.29, 0.717) is 63.6 Å². The number of pyridine rings is 8. The quantitative estimate of drug-likeness (QED) is 0.00915. The SMILES string of the molecule is CCC(=N)/C(C)=C(\C)c1cccc(-c2ccccc2-c2cccc(-c3n[nH]c(CC)c3C)n2)n1.CCC(=N)/C(C)=C(\C)c1cccc(Br)n1.CCC(=O)C(C)=C(O)c1cccc(Br)n1.CCC(N)=C(C)C(=NC1CCCOC1)c1cccc(-c2ccccc2-c2cccc(-c3c(C)c(CC)nn3C3CCCCO3)n2)n1.CCC(N)=C(C)C(=NC1CCCOC1)c1cccc(Br)n1.COC(=O)c1cccc(Br)n1. The third-order valence-corrected chi connectivity index (χ3v) is 26.6. The summed E-state index contributed by atoms with van der Waals surface area (Å²) >= 11 is 13.1. The molecular weight excluding hydrogens is 2040 g/mol. The Kier molecular flexibility index (Phi) is 44.1. The van der Waals surface area contributed by atoms with Crippen LogP contribution in [-0.4, -0.2) is 152 Å². The van der Waals surface area contributed by atoms with Gasteiger partial charge in [-0.25, -0.2) is 49.3 Å². The van der Waals surface area contributed by atoms with Crippen LogP contribution >= 0.6 is 63.7 Å². The Hall–Kier alpha value is -12.2. The number of esters is 1. The van der Waals surface area contributed by atoms with Gasteiger partial charge >= 0.3 is 5.97 Å². The van der Waals surface area contributed by atoms with E-state index in [1.54, 1.807) is 50.2 Å². The molecule has 0 saturated carbocycles. The van der Waals surface area contributed by atoms with Gasteiger partial charge in [0.15, 0.2) is 12.0 Å². The average Bonchev–Trinajstić information content (AvgIpc) is 1.64. The molecule has 0 radical (unpaired) electrons. The molecule has 744 valence electrons. The van der Waals surface area contributed by atoms with Crippen molar-refractivity contribution in [2.24, 2.45) is 21.5 Å². The van der Waals surface area contributed by atoms with Crippen molar-refractivity contribution in [1.29, 1.82) is 10.8 Å². The zero-order chi connectivity index (χ0) is 103. The number of allylic oxidation sites excluding steroid dienone is 9. The molecule has 29 heteroatoms. The van der Waals surface area contributed by atoms with Gasteiger partial charge in [0.2, 0.25) is 0 Å². The maximum atomic E-state index is 11.4. The van der Waals surface area contributed by atoms with E-state index in [4.69, 9.17) is 71.5 Å². The number of aryl methyl sites for hydroxylation is 2. The van der Waals surface area contributed by atoms with Crippen LogP contribution in [0.2, 0.25) is 0 Å². The Labute approximate surface area is 869 Å². The Morgan fingerprint density at radius 2 is 0.845 bits per heavy atom. The van der Waals surface area contributed by atoms with Crippen molar-refractivity contribution in [1.82, 2.24) is 59.8 Å². The summed E-state index contributed by atoms with van der Waals surface area (Å²) in [4.78, 5) is 69.5. The van der Waals surface area contributed by atoms with Crippen LogP contribution in [0.4, 0.5) is 0 Å². The number of aromatic amines is 1. The number of ether oxygens (including phenoxy) is 4. The second-order valence-electron chi connectivity index (χ2n) is 34.3. The topological polar surface area (TPSA) is 365 Å². The highest BCUT2D eigenvalue weighted by Crippen LogP contribution is 2.39. The van der Waals surface area contributed by atoms with Crippen LogP contribution in [-0.2, 0) is 36.6 Å². The highest BCUT2D eigenvalue weighted by Gasteiger charge is 2.28. The van der Waals surface area contributed by atoms with Gasteiger partial charge in [-0.1, -0.05) is 146 Å². The maximum Gasteiger partial charge on any atom is 0.356 e. The van der Waals surface area contributed by atoms with E-state index in [1.165, 1.54) is 7.11 Å². The Bertz CT molecular complexity index is 6530. The number of hydrogen-bond acceptors (Lipinski definition) is 23. The van der Waals surface area contributed by atoms with Crippen molar-refractivity contribution in [2.45, 2.75) is 219 Å². The van der Waals surface area contributed by atoms with Gasteiger partial charge in [-0.15, -0.1) is 0 Å². The number of benzene rings is 2. The zero-order valence-electron chi connectivity index (χ0n) is 84.5. The van der Waals surface area contributed by atoms with Gasteiger partial charge in [0.25, 0.3) is 0 Å². The van der Waals surface area contributed by atoms with Crippen molar-refractivity contribution < 1.29 is 33.6 Å². The molecule has 13 heterocycles. The van der Waals surface area contributed by atoms with Crippen LogP contribution in [0.3, 0.4) is 0 Å². The van der Waals surface area contributed by atoms with Gasteiger partial charge in [-0.3, -0.25) is 19.9 Å². The van der Waals surface area contributed by atoms with Gasteiger partial charge in [0, 0.05) is 82.6 Å². The van der Waals surface area contributed by atoms with Crippen LogP contribution in [0, 0.1) is 24.7 Å². The molecule has 0 amide bonds. The minimum atomic E-state index is -0.425. The number of halogens is 4. The number of H-pyrrole nitrogens is 1. The number of rotatable bonds is 27. The average molecular weight is 2170 g/mol.